The highest BCUT2D eigenvalue weighted by atomic mass is 16.3. The lowest BCUT2D eigenvalue weighted by Crippen LogP contribution is -2.54. The number of carbonyl (C=O) groups is 1. The monoisotopic (exact) mass is 367 g/mol. The molecule has 1 N–H and O–H groups in total. The van der Waals surface area contributed by atoms with E-state index in [1.165, 1.54) is 30.0 Å². The van der Waals surface area contributed by atoms with Gasteiger partial charge in [-0.25, -0.2) is 4.68 Å². The molecule has 0 radical (unpaired) electrons. The van der Waals surface area contributed by atoms with Gasteiger partial charge in [0.2, 0.25) is 5.91 Å². The number of nitrogens with one attached hydrogen (secondary N) is 1. The van der Waals surface area contributed by atoms with E-state index in [2.05, 4.69) is 10.4 Å². The van der Waals surface area contributed by atoms with Crippen LogP contribution in [-0.2, 0) is 11.3 Å². The van der Waals surface area contributed by atoms with Crippen LogP contribution in [-0.4, -0.2) is 22.2 Å². The maximum absolute atomic E-state index is 13.0. The molecule has 2 aromatic heterocycles. The molecule has 4 aliphatic carbocycles. The van der Waals surface area contributed by atoms with Crippen LogP contribution < -0.4 is 10.9 Å². The third-order valence-electron chi connectivity index (χ3n) is 6.77. The fraction of sp³-hybridized carbons (Fsp3) is 0.571. The predicted octanol–water partition coefficient (Wildman–Crippen LogP) is 2.84. The van der Waals surface area contributed by atoms with Gasteiger partial charge < -0.3 is 9.73 Å². The van der Waals surface area contributed by atoms with Crippen molar-refractivity contribution in [2.75, 3.05) is 6.54 Å². The maximum atomic E-state index is 13.0. The van der Waals surface area contributed by atoms with Gasteiger partial charge in [0.1, 0.15) is 5.69 Å². The molecular formula is C21H25N3O3. The number of nitrogens with zero attached hydrogens (tertiary/aromatic N) is 2. The molecule has 4 aliphatic rings. The average Bonchev–Trinajstić information content (AvgIpc) is 3.16. The molecule has 0 unspecified atom stereocenters. The van der Waals surface area contributed by atoms with Crippen LogP contribution in [0, 0.1) is 23.2 Å². The van der Waals surface area contributed by atoms with Crippen LogP contribution in [0.4, 0.5) is 0 Å². The maximum Gasteiger partial charge on any atom is 0.266 e. The van der Waals surface area contributed by atoms with E-state index in [4.69, 9.17) is 4.42 Å². The van der Waals surface area contributed by atoms with Crippen LogP contribution in [0.25, 0.3) is 11.5 Å². The van der Waals surface area contributed by atoms with E-state index in [9.17, 15) is 9.59 Å². The number of furan rings is 1. The molecule has 1 amide bonds. The molecule has 0 aliphatic heterocycles. The second kappa shape index (κ2) is 6.36. The summed E-state index contributed by atoms with van der Waals surface area (Å²) in [5, 5.41) is 7.47. The Bertz CT molecular complexity index is 864. The smallest absolute Gasteiger partial charge is 0.266 e. The second-order valence-electron chi connectivity index (χ2n) is 8.71. The summed E-state index contributed by atoms with van der Waals surface area (Å²) in [6.07, 6.45) is 8.71. The molecule has 27 heavy (non-hydrogen) atoms. The predicted molar refractivity (Wildman–Crippen MR) is 99.8 cm³/mol. The minimum atomic E-state index is -0.172. The Morgan fingerprint density at radius 2 is 1.85 bits per heavy atom. The van der Waals surface area contributed by atoms with E-state index >= 15 is 0 Å². The Kier molecular flexibility index (Phi) is 3.95. The molecular weight excluding hydrogens is 342 g/mol. The fourth-order valence-electron chi connectivity index (χ4n) is 6.02. The van der Waals surface area contributed by atoms with Crippen molar-refractivity contribution >= 4 is 5.91 Å². The van der Waals surface area contributed by atoms with Crippen molar-refractivity contribution in [2.24, 2.45) is 23.2 Å². The molecule has 0 spiro atoms. The van der Waals surface area contributed by atoms with Gasteiger partial charge in [-0.15, -0.1) is 0 Å². The van der Waals surface area contributed by atoms with E-state index in [0.717, 1.165) is 37.0 Å². The van der Waals surface area contributed by atoms with Crippen molar-refractivity contribution in [3.05, 3.63) is 40.9 Å². The molecule has 0 atom stereocenters. The minimum Gasteiger partial charge on any atom is -0.463 e. The zero-order valence-corrected chi connectivity index (χ0v) is 15.4. The van der Waals surface area contributed by atoms with E-state index in [0.29, 0.717) is 24.5 Å². The zero-order valence-electron chi connectivity index (χ0n) is 15.4. The van der Waals surface area contributed by atoms with Crippen molar-refractivity contribution in [1.29, 1.82) is 0 Å². The van der Waals surface area contributed by atoms with Gasteiger partial charge in [-0.05, 0) is 74.5 Å². The van der Waals surface area contributed by atoms with E-state index < -0.39 is 0 Å². The Labute approximate surface area is 158 Å². The molecule has 6 nitrogen and oxygen atoms in total. The highest BCUT2D eigenvalue weighted by Gasteiger charge is 2.54. The Morgan fingerprint density at radius 1 is 1.15 bits per heavy atom. The Morgan fingerprint density at radius 3 is 2.48 bits per heavy atom. The fourth-order valence-corrected chi connectivity index (χ4v) is 6.02. The second-order valence-corrected chi connectivity index (χ2v) is 8.71. The van der Waals surface area contributed by atoms with Gasteiger partial charge in [-0.3, -0.25) is 9.59 Å². The largest absolute Gasteiger partial charge is 0.463 e. The first-order valence-electron chi connectivity index (χ1n) is 10.0. The number of hydrogen-bond donors (Lipinski definition) is 1. The van der Waals surface area contributed by atoms with E-state index in [1.54, 1.807) is 18.4 Å². The molecule has 4 bridgehead atoms. The molecule has 6 rings (SSSR count). The summed E-state index contributed by atoms with van der Waals surface area (Å²) in [4.78, 5) is 25.1. The SMILES string of the molecule is O=C(NCCn1nc(-c2ccco2)ccc1=O)C12CC3CC(CC(C3)C1)C2. The number of carbonyl (C=O) groups excluding carboxylic acids is 1. The number of rotatable bonds is 5. The van der Waals surface area contributed by atoms with Crippen molar-refractivity contribution in [2.45, 2.75) is 45.1 Å². The average molecular weight is 367 g/mol. The van der Waals surface area contributed by atoms with E-state index in [1.807, 2.05) is 6.07 Å². The minimum absolute atomic E-state index is 0.150. The first-order valence-corrected chi connectivity index (χ1v) is 10.0. The quantitative estimate of drug-likeness (QED) is 0.882. The van der Waals surface area contributed by atoms with Gasteiger partial charge in [-0.2, -0.15) is 5.10 Å². The molecule has 4 fully saturated rings. The van der Waals surface area contributed by atoms with Crippen molar-refractivity contribution < 1.29 is 9.21 Å². The van der Waals surface area contributed by atoms with Crippen molar-refractivity contribution in [3.8, 4) is 11.5 Å². The van der Waals surface area contributed by atoms with Crippen LogP contribution >= 0.6 is 0 Å². The highest BCUT2D eigenvalue weighted by Crippen LogP contribution is 2.60. The molecule has 2 aromatic rings. The van der Waals surface area contributed by atoms with Gasteiger partial charge in [0.15, 0.2) is 5.76 Å². The molecule has 0 saturated heterocycles. The molecule has 4 saturated carbocycles. The molecule has 142 valence electrons. The molecule has 2 heterocycles. The molecule has 0 aromatic carbocycles. The van der Waals surface area contributed by atoms with Crippen LogP contribution in [0.1, 0.15) is 38.5 Å². The number of amides is 1. The van der Waals surface area contributed by atoms with Gasteiger partial charge in [0.05, 0.1) is 12.8 Å². The number of aromatic nitrogens is 2. The first-order chi connectivity index (χ1) is 13.1. The van der Waals surface area contributed by atoms with Crippen molar-refractivity contribution in [1.82, 2.24) is 15.1 Å². The first kappa shape index (κ1) is 16.8. The zero-order chi connectivity index (χ0) is 18.4. The normalized spacial score (nSPS) is 31.2. The summed E-state index contributed by atoms with van der Waals surface area (Å²) in [5.74, 6) is 3.06. The van der Waals surface area contributed by atoms with Gasteiger partial charge >= 0.3 is 0 Å². The van der Waals surface area contributed by atoms with Gasteiger partial charge in [-0.1, -0.05) is 0 Å². The third-order valence-corrected chi connectivity index (χ3v) is 6.77. The highest BCUT2D eigenvalue weighted by molar-refractivity contribution is 5.83. The summed E-state index contributed by atoms with van der Waals surface area (Å²) in [5.41, 5.74) is 0.296. The summed E-state index contributed by atoms with van der Waals surface area (Å²) in [7, 11) is 0. The van der Waals surface area contributed by atoms with Crippen LogP contribution in [0.5, 0.6) is 0 Å². The number of hydrogen-bond acceptors (Lipinski definition) is 4. The van der Waals surface area contributed by atoms with Gasteiger partial charge in [0, 0.05) is 18.0 Å². The van der Waals surface area contributed by atoms with E-state index in [-0.39, 0.29) is 16.9 Å². The van der Waals surface area contributed by atoms with Crippen LogP contribution in [0.2, 0.25) is 0 Å². The van der Waals surface area contributed by atoms with Crippen molar-refractivity contribution in [3.63, 3.8) is 0 Å². The summed E-state index contributed by atoms with van der Waals surface area (Å²) in [6.45, 7) is 0.792. The standard InChI is InChI=1S/C21H25N3O3/c25-19-4-3-17(18-2-1-7-27-18)23-24(19)6-5-22-20(26)21-11-14-8-15(12-21)10-16(9-14)13-21/h1-4,7,14-16H,5-6,8-13H2,(H,22,26). The topological polar surface area (TPSA) is 77.1 Å². The lowest BCUT2D eigenvalue weighted by Gasteiger charge is -2.55. The van der Waals surface area contributed by atoms with Gasteiger partial charge in [0.25, 0.3) is 5.56 Å². The summed E-state index contributed by atoms with van der Waals surface area (Å²) >= 11 is 0. The molecule has 6 heteroatoms. The summed E-state index contributed by atoms with van der Waals surface area (Å²) in [6, 6.07) is 6.75. The Hall–Kier alpha value is -2.37. The Balaban J connectivity index is 1.25. The summed E-state index contributed by atoms with van der Waals surface area (Å²) < 4.78 is 6.75. The van der Waals surface area contributed by atoms with Crippen LogP contribution in [0.15, 0.2) is 39.7 Å². The van der Waals surface area contributed by atoms with Crippen LogP contribution in [0.3, 0.4) is 0 Å². The lowest BCUT2D eigenvalue weighted by atomic mass is 9.49. The third kappa shape index (κ3) is 3.01. The lowest BCUT2D eigenvalue weighted by molar-refractivity contribution is -0.146.